The van der Waals surface area contributed by atoms with Gasteiger partial charge in [-0.2, -0.15) is 0 Å². The number of carbonyl (C=O) groups excluding carboxylic acids is 5. The van der Waals surface area contributed by atoms with Crippen molar-refractivity contribution in [1.82, 2.24) is 31.3 Å². The van der Waals surface area contributed by atoms with Gasteiger partial charge in [0, 0.05) is 31.0 Å². The SMILES string of the molecule is CC[C@H]1CN(C(=O)CCc2c(C)noc2C)CC(=O)N[C@H](C)C(=O)N[C@@H](CC(C)C)C(=O)N[C@@H](Cc2ccccc2)C(=O)N1. The van der Waals surface area contributed by atoms with Crippen LogP contribution in [0.3, 0.4) is 0 Å². The van der Waals surface area contributed by atoms with Gasteiger partial charge in [0.05, 0.1) is 12.2 Å². The van der Waals surface area contributed by atoms with E-state index in [4.69, 9.17) is 4.52 Å². The number of aryl methyl sites for hydroxylation is 2. The van der Waals surface area contributed by atoms with Crippen LogP contribution in [0.1, 0.15) is 69.5 Å². The van der Waals surface area contributed by atoms with E-state index in [0.717, 1.165) is 11.1 Å². The summed E-state index contributed by atoms with van der Waals surface area (Å²) in [5.74, 6) is -1.57. The molecule has 0 unspecified atom stereocenters. The minimum absolute atomic E-state index is 0.0638. The van der Waals surface area contributed by atoms with Gasteiger partial charge in [0.2, 0.25) is 29.5 Å². The molecule has 1 saturated heterocycles. The van der Waals surface area contributed by atoms with Gasteiger partial charge in [-0.25, -0.2) is 0 Å². The number of carbonyl (C=O) groups is 5. The van der Waals surface area contributed by atoms with E-state index < -0.39 is 47.8 Å². The summed E-state index contributed by atoms with van der Waals surface area (Å²) in [6.45, 7) is 10.6. The van der Waals surface area contributed by atoms with Crippen LogP contribution in [0.5, 0.6) is 0 Å². The summed E-state index contributed by atoms with van der Waals surface area (Å²) >= 11 is 0. The Labute approximate surface area is 259 Å². The third-order valence-corrected chi connectivity index (χ3v) is 7.76. The first kappa shape index (κ1) is 34.3. The minimum atomic E-state index is -0.962. The van der Waals surface area contributed by atoms with Crippen molar-refractivity contribution in [3.63, 3.8) is 0 Å². The van der Waals surface area contributed by atoms with E-state index in [9.17, 15) is 24.0 Å². The van der Waals surface area contributed by atoms with Gasteiger partial charge in [-0.15, -0.1) is 0 Å². The average molecular weight is 611 g/mol. The summed E-state index contributed by atoms with van der Waals surface area (Å²) in [5.41, 5.74) is 2.39. The van der Waals surface area contributed by atoms with E-state index in [-0.39, 0.29) is 37.8 Å². The quantitative estimate of drug-likeness (QED) is 0.354. The Morgan fingerprint density at radius 3 is 2.25 bits per heavy atom. The number of benzene rings is 1. The van der Waals surface area contributed by atoms with Crippen LogP contribution in [-0.4, -0.2) is 76.8 Å². The van der Waals surface area contributed by atoms with Gasteiger partial charge in [-0.3, -0.25) is 24.0 Å². The van der Waals surface area contributed by atoms with Crippen molar-refractivity contribution < 1.29 is 28.5 Å². The molecule has 44 heavy (non-hydrogen) atoms. The standard InChI is InChI=1S/C32H46N6O6/c1-7-24-17-38(29(40)14-13-25-20(4)37-44-22(25)6)18-28(39)33-21(5)30(41)35-26(15-19(2)3)32(43)36-27(31(42)34-24)16-23-11-9-8-10-12-23/h8-12,19,21,24,26-27H,7,13-18H2,1-6H3,(H,33,39)(H,34,42)(H,35,41)(H,36,43)/t21-,24+,26+,27+/m1/s1. The molecule has 0 aliphatic carbocycles. The fraction of sp³-hybridized carbons (Fsp3) is 0.562. The maximum atomic E-state index is 13.7. The van der Waals surface area contributed by atoms with Crippen molar-refractivity contribution in [1.29, 1.82) is 0 Å². The summed E-state index contributed by atoms with van der Waals surface area (Å²) < 4.78 is 5.22. The molecule has 1 aromatic carbocycles. The Morgan fingerprint density at radius 1 is 0.977 bits per heavy atom. The highest BCUT2D eigenvalue weighted by Crippen LogP contribution is 2.16. The molecule has 1 fully saturated rings. The maximum absolute atomic E-state index is 13.7. The van der Waals surface area contributed by atoms with Gasteiger partial charge >= 0.3 is 0 Å². The molecule has 0 bridgehead atoms. The van der Waals surface area contributed by atoms with Crippen molar-refractivity contribution in [2.45, 2.75) is 97.8 Å². The molecule has 1 aromatic heterocycles. The van der Waals surface area contributed by atoms with Crippen LogP contribution in [0.4, 0.5) is 0 Å². The maximum Gasteiger partial charge on any atom is 0.243 e. The van der Waals surface area contributed by atoms with Crippen LogP contribution in [-0.2, 0) is 36.8 Å². The topological polar surface area (TPSA) is 163 Å². The second-order valence-corrected chi connectivity index (χ2v) is 11.9. The Kier molecular flexibility index (Phi) is 12.5. The van der Waals surface area contributed by atoms with Crippen LogP contribution in [0.15, 0.2) is 34.9 Å². The summed E-state index contributed by atoms with van der Waals surface area (Å²) in [4.78, 5) is 68.3. The van der Waals surface area contributed by atoms with Gasteiger partial charge < -0.3 is 30.7 Å². The zero-order chi connectivity index (χ0) is 32.4. The van der Waals surface area contributed by atoms with Crippen molar-refractivity contribution in [2.24, 2.45) is 5.92 Å². The largest absolute Gasteiger partial charge is 0.361 e. The molecule has 0 spiro atoms. The van der Waals surface area contributed by atoms with Crippen molar-refractivity contribution in [3.05, 3.63) is 52.9 Å². The van der Waals surface area contributed by atoms with Crippen LogP contribution < -0.4 is 21.3 Å². The highest BCUT2D eigenvalue weighted by atomic mass is 16.5. The van der Waals surface area contributed by atoms with E-state index in [1.165, 1.54) is 11.8 Å². The molecule has 1 aliphatic rings. The predicted molar refractivity (Wildman–Crippen MR) is 164 cm³/mol. The summed E-state index contributed by atoms with van der Waals surface area (Å²) in [6.07, 6.45) is 1.51. The van der Waals surface area contributed by atoms with E-state index in [0.29, 0.717) is 30.7 Å². The molecular weight excluding hydrogens is 564 g/mol. The van der Waals surface area contributed by atoms with Crippen LogP contribution in [0.25, 0.3) is 0 Å². The van der Waals surface area contributed by atoms with Gasteiger partial charge in [0.15, 0.2) is 0 Å². The lowest BCUT2D eigenvalue weighted by Gasteiger charge is -2.29. The summed E-state index contributed by atoms with van der Waals surface area (Å²) in [6, 6.07) is 6.02. The van der Waals surface area contributed by atoms with Gasteiger partial charge in [-0.1, -0.05) is 56.3 Å². The zero-order valence-electron chi connectivity index (χ0n) is 26.6. The minimum Gasteiger partial charge on any atom is -0.361 e. The first-order valence-electron chi connectivity index (χ1n) is 15.3. The molecule has 2 aromatic rings. The fourth-order valence-electron chi connectivity index (χ4n) is 5.21. The van der Waals surface area contributed by atoms with E-state index in [1.54, 1.807) is 13.8 Å². The number of hydrogen-bond acceptors (Lipinski definition) is 7. The lowest BCUT2D eigenvalue weighted by molar-refractivity contribution is -0.137. The lowest BCUT2D eigenvalue weighted by atomic mass is 10.0. The van der Waals surface area contributed by atoms with Crippen LogP contribution >= 0.6 is 0 Å². The first-order valence-corrected chi connectivity index (χ1v) is 15.3. The number of amides is 5. The fourth-order valence-corrected chi connectivity index (χ4v) is 5.21. The molecule has 5 amide bonds. The second-order valence-electron chi connectivity index (χ2n) is 11.9. The Hall–Kier alpha value is -4.22. The molecule has 240 valence electrons. The van der Waals surface area contributed by atoms with E-state index >= 15 is 0 Å². The molecular formula is C32H46N6O6. The zero-order valence-corrected chi connectivity index (χ0v) is 26.6. The third kappa shape index (κ3) is 9.92. The number of aromatic nitrogens is 1. The molecule has 0 saturated carbocycles. The molecule has 12 nitrogen and oxygen atoms in total. The Balaban J connectivity index is 1.91. The van der Waals surface area contributed by atoms with Crippen LogP contribution in [0, 0.1) is 19.8 Å². The van der Waals surface area contributed by atoms with E-state index in [2.05, 4.69) is 26.4 Å². The number of nitrogens with zero attached hydrogens (tertiary/aromatic N) is 2. The van der Waals surface area contributed by atoms with Gasteiger partial charge in [0.25, 0.3) is 0 Å². The molecule has 12 heteroatoms. The third-order valence-electron chi connectivity index (χ3n) is 7.76. The summed E-state index contributed by atoms with van der Waals surface area (Å²) in [7, 11) is 0. The predicted octanol–water partition coefficient (Wildman–Crippen LogP) is 1.72. The smallest absolute Gasteiger partial charge is 0.243 e. The number of nitrogens with one attached hydrogen (secondary N) is 4. The highest BCUT2D eigenvalue weighted by molar-refractivity contribution is 5.95. The number of rotatable bonds is 8. The normalized spacial score (nSPS) is 22.4. The first-order chi connectivity index (χ1) is 20.9. The lowest BCUT2D eigenvalue weighted by Crippen LogP contribution is -2.57. The Morgan fingerprint density at radius 2 is 1.64 bits per heavy atom. The van der Waals surface area contributed by atoms with E-state index in [1.807, 2.05) is 51.1 Å². The van der Waals surface area contributed by atoms with Gasteiger partial charge in [0.1, 0.15) is 23.9 Å². The van der Waals surface area contributed by atoms with Crippen molar-refractivity contribution in [3.8, 4) is 0 Å². The number of hydrogen-bond donors (Lipinski definition) is 4. The molecule has 4 atom stereocenters. The molecule has 2 heterocycles. The highest BCUT2D eigenvalue weighted by Gasteiger charge is 2.32. The molecule has 1 aliphatic heterocycles. The molecule has 3 rings (SSSR count). The second kappa shape index (κ2) is 16.0. The summed E-state index contributed by atoms with van der Waals surface area (Å²) in [5, 5.41) is 15.2. The molecule has 4 N–H and O–H groups in total. The monoisotopic (exact) mass is 610 g/mol. The Bertz CT molecular complexity index is 1290. The van der Waals surface area contributed by atoms with Gasteiger partial charge in [-0.05, 0) is 51.5 Å². The van der Waals surface area contributed by atoms with Crippen molar-refractivity contribution in [2.75, 3.05) is 13.1 Å². The molecule has 0 radical (unpaired) electrons. The van der Waals surface area contributed by atoms with Crippen molar-refractivity contribution >= 4 is 29.5 Å². The van der Waals surface area contributed by atoms with Crippen LogP contribution in [0.2, 0.25) is 0 Å². The average Bonchev–Trinajstić information content (AvgIpc) is 3.30.